The average molecular weight is 590 g/mol. The van der Waals surface area contributed by atoms with Gasteiger partial charge in [0, 0.05) is 58.8 Å². The SMILES string of the molecule is CC(=O)OC[C@@H](OC(C)=O)[C@@H](OC(C)=O)[C@H](OC(C)=O)[C@@H](CC[C@@]1([N+](=O)[O-])CC[C@@](C)(O)[C@@H](C(C)=O)C1)OC(C)=O. The van der Waals surface area contributed by atoms with E-state index >= 15 is 0 Å². The van der Waals surface area contributed by atoms with Gasteiger partial charge in [0.1, 0.15) is 18.5 Å². The highest BCUT2D eigenvalue weighted by Gasteiger charge is 2.55. The summed E-state index contributed by atoms with van der Waals surface area (Å²) >= 11 is 0. The zero-order valence-electron chi connectivity index (χ0n) is 24.3. The molecule has 0 aromatic rings. The zero-order valence-corrected chi connectivity index (χ0v) is 24.3. The molecule has 0 spiro atoms. The minimum absolute atomic E-state index is 0.0587. The standard InChI is InChI=1S/C26H39NO14/c1-14(28)20-12-26(27(35)36,11-10-25(20,7)34)9-8-21(38-16(3)30)23(40-18(5)32)24(41-19(6)33)22(39-17(4)31)13-37-15(2)29/h20-24,34H,8-13H2,1-7H3/t20-,21-,22-,23-,24-,25-,26-/m1/s1. The molecule has 41 heavy (non-hydrogen) atoms. The molecule has 0 aromatic carbocycles. The molecule has 0 heterocycles. The van der Waals surface area contributed by atoms with Crippen molar-refractivity contribution in [3.8, 4) is 0 Å². The van der Waals surface area contributed by atoms with E-state index in [2.05, 4.69) is 0 Å². The Morgan fingerprint density at radius 1 is 0.805 bits per heavy atom. The molecule has 1 saturated carbocycles. The lowest BCUT2D eigenvalue weighted by molar-refractivity contribution is -0.580. The van der Waals surface area contributed by atoms with Gasteiger partial charge in [-0.05, 0) is 26.7 Å². The number of hydrogen-bond acceptors (Lipinski definition) is 14. The number of nitro groups is 1. The second-order valence-corrected chi connectivity index (χ2v) is 10.5. The Hall–Kier alpha value is -3.62. The van der Waals surface area contributed by atoms with E-state index in [9.17, 15) is 44.0 Å². The van der Waals surface area contributed by atoms with Crippen molar-refractivity contribution < 1.29 is 62.5 Å². The Morgan fingerprint density at radius 3 is 1.68 bits per heavy atom. The van der Waals surface area contributed by atoms with Gasteiger partial charge in [-0.25, -0.2) is 0 Å². The van der Waals surface area contributed by atoms with Gasteiger partial charge in [0.2, 0.25) is 5.54 Å². The van der Waals surface area contributed by atoms with Crippen molar-refractivity contribution in [3.63, 3.8) is 0 Å². The molecule has 0 amide bonds. The zero-order chi connectivity index (χ0) is 31.7. The largest absolute Gasteiger partial charge is 0.462 e. The number of carbonyl (C=O) groups is 6. The number of hydrogen-bond donors (Lipinski definition) is 1. The molecule has 0 radical (unpaired) electrons. The molecule has 1 aliphatic carbocycles. The van der Waals surface area contributed by atoms with Crippen LogP contribution in [0.2, 0.25) is 0 Å². The van der Waals surface area contributed by atoms with Crippen LogP contribution in [0.1, 0.15) is 80.6 Å². The molecule has 0 aromatic heterocycles. The van der Waals surface area contributed by atoms with Crippen LogP contribution in [0.25, 0.3) is 0 Å². The second-order valence-electron chi connectivity index (χ2n) is 10.5. The van der Waals surface area contributed by atoms with Crippen molar-refractivity contribution in [2.24, 2.45) is 5.92 Å². The molecular formula is C26H39NO14. The number of esters is 5. The molecule has 1 rings (SSSR count). The molecule has 0 saturated heterocycles. The molecule has 15 heteroatoms. The van der Waals surface area contributed by atoms with Gasteiger partial charge in [-0.2, -0.15) is 0 Å². The van der Waals surface area contributed by atoms with Crippen LogP contribution >= 0.6 is 0 Å². The smallest absolute Gasteiger partial charge is 0.303 e. The molecule has 0 unspecified atom stereocenters. The molecule has 1 N–H and O–H groups in total. The predicted octanol–water partition coefficient (Wildman–Crippen LogP) is 1.21. The number of nitrogens with zero attached hydrogens (tertiary/aromatic N) is 1. The van der Waals surface area contributed by atoms with E-state index in [-0.39, 0.29) is 32.1 Å². The van der Waals surface area contributed by atoms with Crippen molar-refractivity contribution in [2.45, 2.75) is 116 Å². The lowest BCUT2D eigenvalue weighted by atomic mass is 9.65. The Bertz CT molecular complexity index is 1020. The highest BCUT2D eigenvalue weighted by atomic mass is 16.6. The summed E-state index contributed by atoms with van der Waals surface area (Å²) in [5.41, 5.74) is -3.18. The van der Waals surface area contributed by atoms with Crippen LogP contribution in [0, 0.1) is 16.0 Å². The lowest BCUT2D eigenvalue weighted by Gasteiger charge is -2.42. The number of rotatable bonds is 14. The number of carbonyl (C=O) groups excluding carboxylic acids is 6. The maximum Gasteiger partial charge on any atom is 0.303 e. The quantitative estimate of drug-likeness (QED) is 0.131. The molecular weight excluding hydrogens is 550 g/mol. The molecule has 7 atom stereocenters. The van der Waals surface area contributed by atoms with Crippen molar-refractivity contribution in [1.82, 2.24) is 0 Å². The lowest BCUT2D eigenvalue weighted by Crippen LogP contribution is -2.55. The monoisotopic (exact) mass is 589 g/mol. The fourth-order valence-corrected chi connectivity index (χ4v) is 5.04. The van der Waals surface area contributed by atoms with Gasteiger partial charge in [-0.15, -0.1) is 0 Å². The van der Waals surface area contributed by atoms with Gasteiger partial charge in [-0.3, -0.25) is 38.9 Å². The molecule has 0 bridgehead atoms. The fourth-order valence-electron chi connectivity index (χ4n) is 5.04. The normalized spacial score (nSPS) is 24.9. The molecule has 0 aliphatic heterocycles. The van der Waals surface area contributed by atoms with Crippen molar-refractivity contribution in [1.29, 1.82) is 0 Å². The van der Waals surface area contributed by atoms with E-state index in [0.29, 0.717) is 0 Å². The van der Waals surface area contributed by atoms with E-state index in [1.54, 1.807) is 0 Å². The first-order valence-corrected chi connectivity index (χ1v) is 13.0. The first-order chi connectivity index (χ1) is 18.8. The van der Waals surface area contributed by atoms with Crippen LogP contribution in [-0.4, -0.2) is 87.8 Å². The Kier molecular flexibility index (Phi) is 12.8. The summed E-state index contributed by atoms with van der Waals surface area (Å²) in [6.45, 7) is 7.18. The first-order valence-electron chi connectivity index (χ1n) is 13.0. The topological polar surface area (TPSA) is 212 Å². The molecule has 232 valence electrons. The third-order valence-corrected chi connectivity index (χ3v) is 6.95. The Balaban J connectivity index is 3.57. The van der Waals surface area contributed by atoms with Gasteiger partial charge >= 0.3 is 29.8 Å². The van der Waals surface area contributed by atoms with E-state index in [1.807, 2.05) is 0 Å². The summed E-state index contributed by atoms with van der Waals surface area (Å²) in [7, 11) is 0. The number of ether oxygens (including phenoxy) is 5. The van der Waals surface area contributed by atoms with Gasteiger partial charge in [0.15, 0.2) is 18.3 Å². The molecule has 15 nitrogen and oxygen atoms in total. The van der Waals surface area contributed by atoms with E-state index in [1.165, 1.54) is 13.8 Å². The third-order valence-electron chi connectivity index (χ3n) is 6.95. The summed E-state index contributed by atoms with van der Waals surface area (Å²) in [5.74, 6) is -5.83. The minimum atomic E-state index is -1.72. The van der Waals surface area contributed by atoms with Gasteiger partial charge < -0.3 is 28.8 Å². The van der Waals surface area contributed by atoms with Gasteiger partial charge in [0.25, 0.3) is 0 Å². The van der Waals surface area contributed by atoms with Crippen LogP contribution < -0.4 is 0 Å². The molecule has 1 fully saturated rings. The fraction of sp³-hybridized carbons (Fsp3) is 0.769. The van der Waals surface area contributed by atoms with E-state index < -0.39 is 88.6 Å². The third kappa shape index (κ3) is 10.7. The van der Waals surface area contributed by atoms with Crippen LogP contribution in [-0.2, 0) is 52.5 Å². The maximum absolute atomic E-state index is 12.3. The number of ketones is 1. The summed E-state index contributed by atoms with van der Waals surface area (Å²) in [6, 6.07) is 0. The first kappa shape index (κ1) is 35.4. The number of aliphatic hydroxyl groups is 1. The van der Waals surface area contributed by atoms with Gasteiger partial charge in [-0.1, -0.05) is 0 Å². The molecule has 1 aliphatic rings. The Morgan fingerprint density at radius 2 is 1.27 bits per heavy atom. The van der Waals surface area contributed by atoms with Crippen LogP contribution in [0.3, 0.4) is 0 Å². The predicted molar refractivity (Wildman–Crippen MR) is 136 cm³/mol. The summed E-state index contributed by atoms with van der Waals surface area (Å²) in [6.07, 6.45) is -7.46. The van der Waals surface area contributed by atoms with Crippen molar-refractivity contribution in [3.05, 3.63) is 10.1 Å². The Labute approximate surface area is 237 Å². The highest BCUT2D eigenvalue weighted by molar-refractivity contribution is 5.79. The maximum atomic E-state index is 12.3. The summed E-state index contributed by atoms with van der Waals surface area (Å²) in [4.78, 5) is 83.7. The summed E-state index contributed by atoms with van der Waals surface area (Å²) < 4.78 is 26.2. The number of Topliss-reactive ketones (excluding diaryl/α,β-unsaturated/α-hetero) is 1. The van der Waals surface area contributed by atoms with Crippen LogP contribution in [0.5, 0.6) is 0 Å². The second kappa shape index (κ2) is 14.8. The average Bonchev–Trinajstić information content (AvgIpc) is 2.81. The minimum Gasteiger partial charge on any atom is -0.462 e. The van der Waals surface area contributed by atoms with Gasteiger partial charge in [0.05, 0.1) is 11.5 Å². The van der Waals surface area contributed by atoms with Crippen LogP contribution in [0.4, 0.5) is 0 Å². The van der Waals surface area contributed by atoms with E-state index in [4.69, 9.17) is 23.7 Å². The highest BCUT2D eigenvalue weighted by Crippen LogP contribution is 2.44. The summed E-state index contributed by atoms with van der Waals surface area (Å²) in [5, 5.41) is 23.0. The van der Waals surface area contributed by atoms with Crippen LogP contribution in [0.15, 0.2) is 0 Å². The van der Waals surface area contributed by atoms with Crippen molar-refractivity contribution in [2.75, 3.05) is 6.61 Å². The van der Waals surface area contributed by atoms with E-state index in [0.717, 1.165) is 34.6 Å². The van der Waals surface area contributed by atoms with Crippen molar-refractivity contribution >= 4 is 35.6 Å².